The van der Waals surface area contributed by atoms with E-state index in [4.69, 9.17) is 9.15 Å². The van der Waals surface area contributed by atoms with Crippen LogP contribution in [0.25, 0.3) is 11.5 Å². The minimum absolute atomic E-state index is 0.159. The lowest BCUT2D eigenvalue weighted by atomic mass is 10.4. The van der Waals surface area contributed by atoms with E-state index in [1.807, 2.05) is 0 Å². The van der Waals surface area contributed by atoms with Gasteiger partial charge in [-0.05, 0) is 6.92 Å². The zero-order valence-electron chi connectivity index (χ0n) is 7.93. The molecule has 2 aromatic rings. The van der Waals surface area contributed by atoms with Crippen LogP contribution in [-0.2, 0) is 4.74 Å². The maximum Gasteiger partial charge on any atom is 0.396 e. The second-order valence-corrected chi connectivity index (χ2v) is 2.62. The molecule has 0 spiro atoms. The maximum absolute atomic E-state index is 11.2. The van der Waals surface area contributed by atoms with Crippen molar-refractivity contribution in [2.75, 3.05) is 6.61 Å². The predicted molar refractivity (Wildman–Crippen MR) is 47.8 cm³/mol. The van der Waals surface area contributed by atoms with E-state index in [9.17, 15) is 4.79 Å². The number of aromatic amines is 1. The summed E-state index contributed by atoms with van der Waals surface area (Å²) >= 11 is 0. The highest BCUT2D eigenvalue weighted by molar-refractivity contribution is 5.84. The molecule has 0 aliphatic carbocycles. The molecule has 0 saturated carbocycles. The number of nitrogens with one attached hydrogen (secondary N) is 1. The summed E-state index contributed by atoms with van der Waals surface area (Å²) in [5.41, 5.74) is 0.623. The highest BCUT2D eigenvalue weighted by atomic mass is 16.5. The van der Waals surface area contributed by atoms with Gasteiger partial charge >= 0.3 is 11.9 Å². The van der Waals surface area contributed by atoms with Gasteiger partial charge < -0.3 is 9.15 Å². The Labute approximate surface area is 84.5 Å². The van der Waals surface area contributed by atoms with Crippen LogP contribution in [0.4, 0.5) is 0 Å². The molecule has 0 saturated heterocycles. The van der Waals surface area contributed by atoms with Gasteiger partial charge in [0.05, 0.1) is 18.4 Å². The summed E-state index contributed by atoms with van der Waals surface area (Å²) in [5.74, 6) is -0.556. The lowest BCUT2D eigenvalue weighted by molar-refractivity contribution is 0.0481. The average Bonchev–Trinajstić information content (AvgIpc) is 2.89. The van der Waals surface area contributed by atoms with Gasteiger partial charge in [0.15, 0.2) is 0 Å². The Morgan fingerprint density at radius 2 is 2.47 bits per heavy atom. The number of ether oxygens (including phenoxy) is 1. The maximum atomic E-state index is 11.2. The van der Waals surface area contributed by atoms with Gasteiger partial charge in [-0.2, -0.15) is 5.10 Å². The number of esters is 1. The number of hydrogen-bond acceptors (Lipinski definition) is 6. The SMILES string of the molecule is CCOC(=O)c1nnc(-c2cn[nH]c2)o1. The molecule has 2 aromatic heterocycles. The Hall–Kier alpha value is -2.18. The van der Waals surface area contributed by atoms with Crippen molar-refractivity contribution in [2.45, 2.75) is 6.92 Å². The first-order valence-electron chi connectivity index (χ1n) is 4.31. The highest BCUT2D eigenvalue weighted by Crippen LogP contribution is 2.15. The first-order chi connectivity index (χ1) is 7.31. The number of rotatable bonds is 3. The first kappa shape index (κ1) is 9.38. The van der Waals surface area contributed by atoms with Gasteiger partial charge in [-0.25, -0.2) is 4.79 Å². The van der Waals surface area contributed by atoms with Gasteiger partial charge in [0.25, 0.3) is 5.89 Å². The Kier molecular flexibility index (Phi) is 2.44. The van der Waals surface area contributed by atoms with Crippen molar-refractivity contribution in [3.63, 3.8) is 0 Å². The molecule has 0 aromatic carbocycles. The van der Waals surface area contributed by atoms with Gasteiger partial charge in [-0.15, -0.1) is 10.2 Å². The third-order valence-electron chi connectivity index (χ3n) is 1.62. The minimum atomic E-state index is -0.625. The van der Waals surface area contributed by atoms with E-state index in [0.29, 0.717) is 5.56 Å². The monoisotopic (exact) mass is 208 g/mol. The third kappa shape index (κ3) is 1.85. The second-order valence-electron chi connectivity index (χ2n) is 2.62. The third-order valence-corrected chi connectivity index (χ3v) is 1.62. The van der Waals surface area contributed by atoms with E-state index in [-0.39, 0.29) is 18.4 Å². The predicted octanol–water partition coefficient (Wildman–Crippen LogP) is 0.636. The molecule has 0 bridgehead atoms. The van der Waals surface area contributed by atoms with Crippen molar-refractivity contribution in [3.8, 4) is 11.5 Å². The lowest BCUT2D eigenvalue weighted by Crippen LogP contribution is -2.04. The van der Waals surface area contributed by atoms with Gasteiger partial charge in [0.1, 0.15) is 0 Å². The van der Waals surface area contributed by atoms with Crippen molar-refractivity contribution in [1.82, 2.24) is 20.4 Å². The van der Waals surface area contributed by atoms with Crippen molar-refractivity contribution in [2.24, 2.45) is 0 Å². The largest absolute Gasteiger partial charge is 0.459 e. The number of H-pyrrole nitrogens is 1. The molecule has 7 heteroatoms. The van der Waals surface area contributed by atoms with Gasteiger partial charge in [0, 0.05) is 6.20 Å². The fourth-order valence-electron chi connectivity index (χ4n) is 0.983. The molecule has 0 aliphatic heterocycles. The standard InChI is InChI=1S/C8H8N4O3/c1-2-14-8(13)7-12-11-6(15-7)5-3-9-10-4-5/h3-4H,2H2,1H3,(H,9,10). The smallest absolute Gasteiger partial charge is 0.396 e. The number of carbonyl (C=O) groups excluding carboxylic acids is 1. The second kappa shape index (κ2) is 3.91. The molecule has 78 valence electrons. The summed E-state index contributed by atoms with van der Waals surface area (Å²) in [6.45, 7) is 1.97. The zero-order chi connectivity index (χ0) is 10.7. The van der Waals surface area contributed by atoms with Crippen LogP contribution in [0.1, 0.15) is 17.6 Å². The Balaban J connectivity index is 2.21. The molecule has 2 heterocycles. The summed E-state index contributed by atoms with van der Waals surface area (Å²) in [6, 6.07) is 0. The molecule has 0 unspecified atom stereocenters. The zero-order valence-corrected chi connectivity index (χ0v) is 7.93. The Bertz CT molecular complexity index is 448. The molecule has 2 rings (SSSR count). The fraction of sp³-hybridized carbons (Fsp3) is 0.250. The Morgan fingerprint density at radius 1 is 1.60 bits per heavy atom. The molecule has 7 nitrogen and oxygen atoms in total. The number of hydrogen-bond donors (Lipinski definition) is 1. The van der Waals surface area contributed by atoms with Crippen LogP contribution < -0.4 is 0 Å². The number of carbonyl (C=O) groups is 1. The molecule has 0 atom stereocenters. The van der Waals surface area contributed by atoms with Crippen LogP contribution in [0.2, 0.25) is 0 Å². The molecule has 0 fully saturated rings. The highest BCUT2D eigenvalue weighted by Gasteiger charge is 2.16. The van der Waals surface area contributed by atoms with E-state index in [2.05, 4.69) is 20.4 Å². The van der Waals surface area contributed by atoms with Gasteiger partial charge in [-0.3, -0.25) is 5.10 Å². The van der Waals surface area contributed by atoms with Crippen LogP contribution in [0, 0.1) is 0 Å². The van der Waals surface area contributed by atoms with E-state index < -0.39 is 5.97 Å². The molecule has 0 radical (unpaired) electrons. The summed E-state index contributed by atoms with van der Waals surface area (Å²) < 4.78 is 9.79. The fourth-order valence-corrected chi connectivity index (χ4v) is 0.983. The number of aromatic nitrogens is 4. The molecular formula is C8H8N4O3. The van der Waals surface area contributed by atoms with Gasteiger partial charge in [-0.1, -0.05) is 0 Å². The van der Waals surface area contributed by atoms with E-state index in [1.165, 1.54) is 6.20 Å². The van der Waals surface area contributed by atoms with Crippen molar-refractivity contribution < 1.29 is 13.9 Å². The minimum Gasteiger partial charge on any atom is -0.459 e. The van der Waals surface area contributed by atoms with Crippen LogP contribution in [0.15, 0.2) is 16.8 Å². The summed E-state index contributed by atoms with van der Waals surface area (Å²) in [4.78, 5) is 11.2. The first-order valence-corrected chi connectivity index (χ1v) is 4.31. The van der Waals surface area contributed by atoms with Crippen LogP contribution in [0.5, 0.6) is 0 Å². The van der Waals surface area contributed by atoms with Gasteiger partial charge in [0.2, 0.25) is 0 Å². The van der Waals surface area contributed by atoms with Crippen molar-refractivity contribution in [3.05, 3.63) is 18.3 Å². The summed E-state index contributed by atoms with van der Waals surface area (Å²) in [7, 11) is 0. The molecular weight excluding hydrogens is 200 g/mol. The van der Waals surface area contributed by atoms with Crippen LogP contribution >= 0.6 is 0 Å². The summed E-state index contributed by atoms with van der Waals surface area (Å²) in [6.07, 6.45) is 3.10. The molecule has 15 heavy (non-hydrogen) atoms. The van der Waals surface area contributed by atoms with Crippen molar-refractivity contribution in [1.29, 1.82) is 0 Å². The van der Waals surface area contributed by atoms with E-state index in [1.54, 1.807) is 13.1 Å². The molecule has 0 amide bonds. The molecule has 1 N–H and O–H groups in total. The molecule has 0 aliphatic rings. The van der Waals surface area contributed by atoms with Crippen LogP contribution in [-0.4, -0.2) is 33.0 Å². The quantitative estimate of drug-likeness (QED) is 0.743. The Morgan fingerprint density at radius 3 is 3.13 bits per heavy atom. The van der Waals surface area contributed by atoms with Crippen LogP contribution in [0.3, 0.4) is 0 Å². The average molecular weight is 208 g/mol. The van der Waals surface area contributed by atoms with E-state index in [0.717, 1.165) is 0 Å². The lowest BCUT2D eigenvalue weighted by Gasteiger charge is -1.93. The normalized spacial score (nSPS) is 10.2. The summed E-state index contributed by atoms with van der Waals surface area (Å²) in [5, 5.41) is 13.6. The van der Waals surface area contributed by atoms with E-state index >= 15 is 0 Å². The number of nitrogens with zero attached hydrogens (tertiary/aromatic N) is 3. The topological polar surface area (TPSA) is 93.9 Å². The van der Waals surface area contributed by atoms with Crippen molar-refractivity contribution >= 4 is 5.97 Å².